The van der Waals surface area contributed by atoms with Crippen LogP contribution in [0.15, 0.2) is 16.8 Å². The highest BCUT2D eigenvalue weighted by Gasteiger charge is 2.20. The Morgan fingerprint density at radius 2 is 2.55 bits per heavy atom. The van der Waals surface area contributed by atoms with Gasteiger partial charge in [-0.25, -0.2) is 0 Å². The van der Waals surface area contributed by atoms with Crippen LogP contribution in [0.2, 0.25) is 0 Å². The van der Waals surface area contributed by atoms with E-state index in [2.05, 4.69) is 10.3 Å². The summed E-state index contributed by atoms with van der Waals surface area (Å²) in [5, 5.41) is 2.64. The van der Waals surface area contributed by atoms with Gasteiger partial charge in [-0.05, 0) is 12.5 Å². The zero-order chi connectivity index (χ0) is 7.68. The lowest BCUT2D eigenvalue weighted by molar-refractivity contribution is -0.123. The van der Waals surface area contributed by atoms with E-state index in [1.54, 1.807) is 0 Å². The van der Waals surface area contributed by atoms with Crippen LogP contribution in [0.3, 0.4) is 0 Å². The maximum absolute atomic E-state index is 10.8. The maximum atomic E-state index is 10.8. The number of amidine groups is 1. The molecule has 2 rings (SSSR count). The number of morpholine rings is 1. The molecule has 1 N–H and O–H groups in total. The second-order valence-electron chi connectivity index (χ2n) is 2.42. The number of fused-ring (bicyclic) bond motifs is 1. The van der Waals surface area contributed by atoms with Gasteiger partial charge in [0.25, 0.3) is 5.91 Å². The van der Waals surface area contributed by atoms with Gasteiger partial charge in [-0.1, -0.05) is 0 Å². The number of hydrogen-bond acceptors (Lipinski definition) is 3. The number of rotatable bonds is 0. The summed E-state index contributed by atoms with van der Waals surface area (Å²) in [6.45, 7) is 0.854. The fraction of sp³-hybridized carbons (Fsp3) is 0.429. The van der Waals surface area contributed by atoms with E-state index in [0.717, 1.165) is 18.7 Å². The average molecular weight is 152 g/mol. The number of hydrogen-bond donors (Lipinski definition) is 1. The summed E-state index contributed by atoms with van der Waals surface area (Å²) < 4.78 is 5.11. The van der Waals surface area contributed by atoms with Crippen LogP contribution < -0.4 is 5.32 Å². The highest BCUT2D eigenvalue weighted by Crippen LogP contribution is 2.10. The van der Waals surface area contributed by atoms with Crippen molar-refractivity contribution in [3.63, 3.8) is 0 Å². The molecular weight excluding hydrogens is 144 g/mol. The van der Waals surface area contributed by atoms with Gasteiger partial charge in [0.2, 0.25) is 0 Å². The van der Waals surface area contributed by atoms with Gasteiger partial charge in [0.05, 0.1) is 0 Å². The minimum absolute atomic E-state index is 0.116. The summed E-state index contributed by atoms with van der Waals surface area (Å²) >= 11 is 0. The monoisotopic (exact) mass is 152 g/mol. The van der Waals surface area contributed by atoms with E-state index in [1.165, 1.54) is 0 Å². The number of carbonyl (C=O) groups excluding carboxylic acids is 1. The van der Waals surface area contributed by atoms with E-state index in [9.17, 15) is 4.79 Å². The highest BCUT2D eigenvalue weighted by atomic mass is 16.5. The summed E-state index contributed by atoms with van der Waals surface area (Å²) in [5.41, 5.74) is 0. The Labute approximate surface area is 63.9 Å². The maximum Gasteiger partial charge on any atom is 0.263 e. The fourth-order valence-electron chi connectivity index (χ4n) is 1.09. The smallest absolute Gasteiger partial charge is 0.263 e. The number of nitrogens with zero attached hydrogens (tertiary/aromatic N) is 1. The van der Waals surface area contributed by atoms with Crippen molar-refractivity contribution >= 4 is 11.7 Å². The van der Waals surface area contributed by atoms with Crippen LogP contribution in [0, 0.1) is 0 Å². The summed E-state index contributed by atoms with van der Waals surface area (Å²) in [5.74, 6) is 1.19. The first-order chi connectivity index (χ1) is 5.36. The van der Waals surface area contributed by atoms with E-state index < -0.39 is 0 Å². The van der Waals surface area contributed by atoms with Gasteiger partial charge >= 0.3 is 0 Å². The lowest BCUT2D eigenvalue weighted by atomic mass is 10.2. The van der Waals surface area contributed by atoms with Crippen molar-refractivity contribution in [3.8, 4) is 0 Å². The molecule has 2 aliphatic rings. The Morgan fingerprint density at radius 1 is 1.64 bits per heavy atom. The fourth-order valence-corrected chi connectivity index (χ4v) is 1.09. The van der Waals surface area contributed by atoms with Gasteiger partial charge < -0.3 is 10.1 Å². The lowest BCUT2D eigenvalue weighted by Gasteiger charge is -2.21. The van der Waals surface area contributed by atoms with Crippen molar-refractivity contribution in [2.75, 3.05) is 13.2 Å². The van der Waals surface area contributed by atoms with E-state index in [-0.39, 0.29) is 12.5 Å². The quantitative estimate of drug-likeness (QED) is 0.523. The molecule has 0 unspecified atom stereocenters. The molecule has 0 atom stereocenters. The second kappa shape index (κ2) is 2.38. The third kappa shape index (κ3) is 1.11. The molecule has 0 saturated carbocycles. The van der Waals surface area contributed by atoms with Gasteiger partial charge in [-0.2, -0.15) is 0 Å². The van der Waals surface area contributed by atoms with Crippen molar-refractivity contribution in [1.29, 1.82) is 0 Å². The van der Waals surface area contributed by atoms with Crippen LogP contribution in [-0.4, -0.2) is 24.9 Å². The number of ether oxygens (including phenoxy) is 1. The molecule has 1 fully saturated rings. The van der Waals surface area contributed by atoms with Gasteiger partial charge in [0.1, 0.15) is 0 Å². The molecule has 1 amide bonds. The number of amides is 1. The van der Waals surface area contributed by atoms with Crippen LogP contribution in [0.4, 0.5) is 0 Å². The number of carbonyl (C=O) groups is 1. The normalized spacial score (nSPS) is 22.4. The van der Waals surface area contributed by atoms with Crippen LogP contribution >= 0.6 is 0 Å². The van der Waals surface area contributed by atoms with Gasteiger partial charge in [0.15, 0.2) is 18.2 Å². The van der Waals surface area contributed by atoms with Crippen LogP contribution in [0.5, 0.6) is 0 Å². The summed E-state index contributed by atoms with van der Waals surface area (Å²) in [7, 11) is 0. The summed E-state index contributed by atoms with van der Waals surface area (Å²) in [6.07, 6.45) is 2.84. The van der Waals surface area contributed by atoms with Crippen molar-refractivity contribution in [1.82, 2.24) is 5.32 Å². The molecule has 0 radical (unpaired) electrons. The largest absolute Gasteiger partial charge is 0.480 e. The second-order valence-corrected chi connectivity index (χ2v) is 2.42. The first-order valence-electron chi connectivity index (χ1n) is 3.54. The van der Waals surface area contributed by atoms with E-state index >= 15 is 0 Å². The number of dihydropyridines is 1. The summed E-state index contributed by atoms with van der Waals surface area (Å²) in [6, 6.07) is 0. The molecule has 1 saturated heterocycles. The first kappa shape index (κ1) is 6.39. The molecule has 4 heteroatoms. The van der Waals surface area contributed by atoms with Crippen molar-refractivity contribution in [2.45, 2.75) is 6.42 Å². The number of nitrogens with one attached hydrogen (secondary N) is 1. The average Bonchev–Trinajstić information content (AvgIpc) is 2.04. The molecule has 58 valence electrons. The van der Waals surface area contributed by atoms with E-state index in [4.69, 9.17) is 4.74 Å². The minimum Gasteiger partial charge on any atom is -0.480 e. The molecule has 0 aromatic carbocycles. The molecular formula is C7H8N2O2. The summed E-state index contributed by atoms with van der Waals surface area (Å²) in [4.78, 5) is 14.9. The molecule has 11 heavy (non-hydrogen) atoms. The molecule has 0 aromatic heterocycles. The zero-order valence-electron chi connectivity index (χ0n) is 5.96. The minimum atomic E-state index is -0.122. The Kier molecular flexibility index (Phi) is 1.38. The van der Waals surface area contributed by atoms with Crippen molar-refractivity contribution in [2.24, 2.45) is 4.99 Å². The molecule has 0 aromatic rings. The number of aliphatic imine (C=N–C) groups is 1. The zero-order valence-corrected chi connectivity index (χ0v) is 5.96. The Hall–Kier alpha value is -1.32. The Morgan fingerprint density at radius 3 is 3.45 bits per heavy atom. The predicted molar refractivity (Wildman–Crippen MR) is 39.1 cm³/mol. The molecule has 0 spiro atoms. The third-order valence-corrected chi connectivity index (χ3v) is 1.58. The molecule has 0 aliphatic carbocycles. The molecule has 2 aliphatic heterocycles. The van der Waals surface area contributed by atoms with Gasteiger partial charge in [-0.3, -0.25) is 9.79 Å². The third-order valence-electron chi connectivity index (χ3n) is 1.58. The topological polar surface area (TPSA) is 50.7 Å². The van der Waals surface area contributed by atoms with Crippen LogP contribution in [0.1, 0.15) is 6.42 Å². The molecule has 2 heterocycles. The standard InChI is InChI=1S/C7H8N2O2/c10-6-4-11-5-2-1-3-8-7(5)9-6/h2H,1,3-4H2,(H,8,9,10). The van der Waals surface area contributed by atoms with Gasteiger partial charge in [-0.15, -0.1) is 0 Å². The van der Waals surface area contributed by atoms with Gasteiger partial charge in [0, 0.05) is 6.54 Å². The van der Waals surface area contributed by atoms with Crippen LogP contribution in [-0.2, 0) is 9.53 Å². The first-order valence-corrected chi connectivity index (χ1v) is 3.54. The molecule has 4 nitrogen and oxygen atoms in total. The van der Waals surface area contributed by atoms with Crippen LogP contribution in [0.25, 0.3) is 0 Å². The molecule has 0 bridgehead atoms. The van der Waals surface area contributed by atoms with E-state index in [1.807, 2.05) is 6.08 Å². The van der Waals surface area contributed by atoms with Crippen molar-refractivity contribution < 1.29 is 9.53 Å². The Bertz CT molecular complexity index is 255. The Balaban J connectivity index is 2.22. The highest BCUT2D eigenvalue weighted by molar-refractivity contribution is 6.09. The predicted octanol–water partition coefficient (Wildman–Crippen LogP) is -0.181. The SMILES string of the molecule is O=C1COC2=CCCN=C2N1. The lowest BCUT2D eigenvalue weighted by Crippen LogP contribution is -2.41. The van der Waals surface area contributed by atoms with Crippen molar-refractivity contribution in [3.05, 3.63) is 11.8 Å². The van der Waals surface area contributed by atoms with E-state index in [0.29, 0.717) is 5.84 Å².